The normalized spacial score (nSPS) is 10.9. The molecule has 102 valence electrons. The number of carbonyl (C=O) groups is 1. The van der Waals surface area contributed by atoms with Gasteiger partial charge in [0.15, 0.2) is 11.5 Å². The van der Waals surface area contributed by atoms with E-state index in [4.69, 9.17) is 5.73 Å². The number of nitrogen functional groups attached to an aromatic ring is 1. The van der Waals surface area contributed by atoms with Gasteiger partial charge in [-0.1, -0.05) is 0 Å². The molecule has 0 atom stereocenters. The number of rotatable bonds is 2. The molecule has 1 amide bonds. The Hall–Kier alpha value is -2.83. The number of amides is 1. The number of hydrogen-bond donors (Lipinski definition) is 4. The maximum absolute atomic E-state index is 12.3. The average Bonchev–Trinajstić information content (AvgIpc) is 2.96. The number of aryl methyl sites for hydroxylation is 1. The molecule has 0 fully saturated rings. The van der Waals surface area contributed by atoms with Gasteiger partial charge in [-0.15, -0.1) is 0 Å². The predicted molar refractivity (Wildman–Crippen MR) is 76.5 cm³/mol. The van der Waals surface area contributed by atoms with Crippen molar-refractivity contribution in [3.63, 3.8) is 0 Å². The van der Waals surface area contributed by atoms with Crippen molar-refractivity contribution in [1.29, 1.82) is 0 Å². The van der Waals surface area contributed by atoms with Gasteiger partial charge in [0.25, 0.3) is 5.91 Å². The van der Waals surface area contributed by atoms with Gasteiger partial charge in [0.2, 0.25) is 0 Å². The number of hydrogen-bond acceptors (Lipinski definition) is 4. The molecular weight excluding hydrogens is 256 g/mol. The summed E-state index contributed by atoms with van der Waals surface area (Å²) in [6.45, 7) is 3.78. The molecule has 20 heavy (non-hydrogen) atoms. The van der Waals surface area contributed by atoms with E-state index in [-0.39, 0.29) is 5.91 Å². The number of nitrogens with two attached hydrogens (primary N) is 1. The molecule has 0 spiro atoms. The van der Waals surface area contributed by atoms with E-state index in [0.29, 0.717) is 22.6 Å². The molecule has 0 aliphatic carbocycles. The van der Waals surface area contributed by atoms with Crippen molar-refractivity contribution in [1.82, 2.24) is 20.4 Å². The second-order valence-corrected chi connectivity index (χ2v) is 4.65. The summed E-state index contributed by atoms with van der Waals surface area (Å²) in [4.78, 5) is 12.3. The summed E-state index contributed by atoms with van der Waals surface area (Å²) in [5.74, 6) is 0.184. The first-order valence-electron chi connectivity index (χ1n) is 6.13. The largest absolute Gasteiger partial charge is 0.399 e. The third kappa shape index (κ3) is 1.89. The molecule has 0 radical (unpaired) electrons. The first-order chi connectivity index (χ1) is 9.56. The van der Waals surface area contributed by atoms with Crippen molar-refractivity contribution >= 4 is 28.3 Å². The van der Waals surface area contributed by atoms with Crippen LogP contribution in [0.2, 0.25) is 0 Å². The monoisotopic (exact) mass is 270 g/mol. The van der Waals surface area contributed by atoms with E-state index >= 15 is 0 Å². The van der Waals surface area contributed by atoms with Crippen LogP contribution in [0.3, 0.4) is 0 Å². The van der Waals surface area contributed by atoms with Crippen LogP contribution in [0, 0.1) is 13.8 Å². The SMILES string of the molecule is Cc1[nH]nc(NC(=O)c2n[nH]c3ccc(N)cc23)c1C. The van der Waals surface area contributed by atoms with Crippen molar-refractivity contribution in [2.45, 2.75) is 13.8 Å². The van der Waals surface area contributed by atoms with E-state index in [1.165, 1.54) is 0 Å². The number of H-pyrrole nitrogens is 2. The van der Waals surface area contributed by atoms with Gasteiger partial charge >= 0.3 is 0 Å². The fraction of sp³-hybridized carbons (Fsp3) is 0.154. The van der Waals surface area contributed by atoms with Gasteiger partial charge in [-0.25, -0.2) is 0 Å². The van der Waals surface area contributed by atoms with Crippen LogP contribution in [0.25, 0.3) is 10.9 Å². The molecule has 0 saturated carbocycles. The lowest BCUT2D eigenvalue weighted by atomic mass is 10.2. The highest BCUT2D eigenvalue weighted by atomic mass is 16.2. The lowest BCUT2D eigenvalue weighted by Gasteiger charge is -2.01. The molecule has 7 nitrogen and oxygen atoms in total. The number of carbonyl (C=O) groups excluding carboxylic acids is 1. The van der Waals surface area contributed by atoms with Crippen LogP contribution in [0.15, 0.2) is 18.2 Å². The molecule has 0 bridgehead atoms. The Morgan fingerprint density at radius 1 is 1.25 bits per heavy atom. The molecule has 0 saturated heterocycles. The van der Waals surface area contributed by atoms with Crippen molar-refractivity contribution < 1.29 is 4.79 Å². The van der Waals surface area contributed by atoms with Crippen molar-refractivity contribution in [2.24, 2.45) is 0 Å². The van der Waals surface area contributed by atoms with E-state index in [9.17, 15) is 4.79 Å². The van der Waals surface area contributed by atoms with E-state index in [0.717, 1.165) is 16.8 Å². The molecule has 3 aromatic rings. The Kier molecular flexibility index (Phi) is 2.67. The first-order valence-corrected chi connectivity index (χ1v) is 6.13. The van der Waals surface area contributed by atoms with Gasteiger partial charge in [0.1, 0.15) is 0 Å². The van der Waals surface area contributed by atoms with Crippen LogP contribution in [0.1, 0.15) is 21.7 Å². The molecule has 1 aromatic carbocycles. The molecule has 0 aliphatic heterocycles. The van der Waals surface area contributed by atoms with Gasteiger partial charge in [0.05, 0.1) is 5.52 Å². The number of aromatic nitrogens is 4. The Morgan fingerprint density at radius 3 is 2.75 bits per heavy atom. The molecule has 0 unspecified atom stereocenters. The minimum Gasteiger partial charge on any atom is -0.399 e. The number of fused-ring (bicyclic) bond motifs is 1. The summed E-state index contributed by atoms with van der Waals surface area (Å²) in [6.07, 6.45) is 0. The second kappa shape index (κ2) is 4.37. The minimum atomic E-state index is -0.323. The zero-order valence-electron chi connectivity index (χ0n) is 11.1. The van der Waals surface area contributed by atoms with Gasteiger partial charge in [-0.05, 0) is 32.0 Å². The highest BCUT2D eigenvalue weighted by Gasteiger charge is 2.17. The van der Waals surface area contributed by atoms with Gasteiger partial charge in [-0.3, -0.25) is 15.0 Å². The Labute approximate surface area is 114 Å². The summed E-state index contributed by atoms with van der Waals surface area (Å²) >= 11 is 0. The molecule has 2 aromatic heterocycles. The third-order valence-corrected chi connectivity index (χ3v) is 3.29. The summed E-state index contributed by atoms with van der Waals surface area (Å²) in [5.41, 5.74) is 9.20. The van der Waals surface area contributed by atoms with Crippen molar-refractivity contribution in [3.05, 3.63) is 35.2 Å². The zero-order chi connectivity index (χ0) is 14.3. The lowest BCUT2D eigenvalue weighted by molar-refractivity contribution is 0.102. The standard InChI is InChI=1S/C13H14N6O/c1-6-7(2)16-19-12(6)15-13(20)11-9-5-8(14)3-4-10(9)17-18-11/h3-5H,14H2,1-2H3,(H,17,18)(H2,15,16,19,20). The van der Waals surface area contributed by atoms with Crippen LogP contribution in [0.4, 0.5) is 11.5 Å². The van der Waals surface area contributed by atoms with Crippen LogP contribution >= 0.6 is 0 Å². The smallest absolute Gasteiger partial charge is 0.278 e. The highest BCUT2D eigenvalue weighted by Crippen LogP contribution is 2.21. The van der Waals surface area contributed by atoms with Crippen LogP contribution in [-0.2, 0) is 0 Å². The summed E-state index contributed by atoms with van der Waals surface area (Å²) in [5, 5.41) is 17.1. The van der Waals surface area contributed by atoms with Gasteiger partial charge < -0.3 is 11.1 Å². The van der Waals surface area contributed by atoms with E-state index in [1.54, 1.807) is 18.2 Å². The zero-order valence-corrected chi connectivity index (χ0v) is 11.1. The second-order valence-electron chi connectivity index (χ2n) is 4.65. The maximum Gasteiger partial charge on any atom is 0.278 e. The topological polar surface area (TPSA) is 112 Å². The summed E-state index contributed by atoms with van der Waals surface area (Å²) in [6, 6.07) is 5.26. The molecule has 2 heterocycles. The van der Waals surface area contributed by atoms with Gasteiger partial charge in [0, 0.05) is 22.3 Å². The first kappa shape index (κ1) is 12.2. The fourth-order valence-electron chi connectivity index (χ4n) is 1.98. The van der Waals surface area contributed by atoms with Crippen LogP contribution in [0.5, 0.6) is 0 Å². The molecule has 5 N–H and O–H groups in total. The van der Waals surface area contributed by atoms with E-state index in [1.807, 2.05) is 13.8 Å². The highest BCUT2D eigenvalue weighted by molar-refractivity contribution is 6.11. The quantitative estimate of drug-likeness (QED) is 0.531. The molecule has 7 heteroatoms. The fourth-order valence-corrected chi connectivity index (χ4v) is 1.98. The summed E-state index contributed by atoms with van der Waals surface area (Å²) < 4.78 is 0. The Bertz CT molecular complexity index is 800. The minimum absolute atomic E-state index is 0.298. The van der Waals surface area contributed by atoms with Crippen LogP contribution in [-0.4, -0.2) is 26.3 Å². The number of nitrogens with zero attached hydrogens (tertiary/aromatic N) is 2. The Balaban J connectivity index is 1.97. The predicted octanol–water partition coefficient (Wildman–Crippen LogP) is 1.74. The number of aromatic amines is 2. The third-order valence-electron chi connectivity index (χ3n) is 3.29. The van der Waals surface area contributed by atoms with Gasteiger partial charge in [-0.2, -0.15) is 10.2 Å². The molecule has 0 aliphatic rings. The van der Waals surface area contributed by atoms with Crippen molar-refractivity contribution in [2.75, 3.05) is 11.1 Å². The molecule has 3 rings (SSSR count). The lowest BCUT2D eigenvalue weighted by Crippen LogP contribution is -2.14. The average molecular weight is 270 g/mol. The van der Waals surface area contributed by atoms with Crippen molar-refractivity contribution in [3.8, 4) is 0 Å². The summed E-state index contributed by atoms with van der Waals surface area (Å²) in [7, 11) is 0. The van der Waals surface area contributed by atoms with E-state index < -0.39 is 0 Å². The maximum atomic E-state index is 12.3. The number of anilines is 2. The molecular formula is C13H14N6O. The Morgan fingerprint density at radius 2 is 2.05 bits per heavy atom. The number of nitrogens with one attached hydrogen (secondary N) is 3. The number of benzene rings is 1. The van der Waals surface area contributed by atoms with E-state index in [2.05, 4.69) is 25.7 Å². The van der Waals surface area contributed by atoms with Crippen LogP contribution < -0.4 is 11.1 Å².